The number of aromatic amines is 1. The number of H-pyrrole nitrogens is 1. The Bertz CT molecular complexity index is 598. The monoisotopic (exact) mass is 222 g/mol. The molecule has 0 saturated carbocycles. The van der Waals surface area contributed by atoms with Crippen LogP contribution in [0.4, 0.5) is 0 Å². The van der Waals surface area contributed by atoms with Gasteiger partial charge in [0.25, 0.3) is 5.56 Å². The summed E-state index contributed by atoms with van der Waals surface area (Å²) in [5.74, 6) is -0.787. The molecule has 0 aromatic carbocycles. The van der Waals surface area contributed by atoms with Gasteiger partial charge in [-0.3, -0.25) is 9.48 Å². The second-order valence-corrected chi connectivity index (χ2v) is 3.18. The summed E-state index contributed by atoms with van der Waals surface area (Å²) in [6, 6.07) is 0. The van der Waals surface area contributed by atoms with Crippen LogP contribution in [0.2, 0.25) is 0 Å². The highest BCUT2D eigenvalue weighted by Crippen LogP contribution is 2.03. The number of carbonyl (C=O) groups is 1. The Morgan fingerprint density at radius 2 is 2.38 bits per heavy atom. The number of ether oxygens (including phenoxy) is 1. The third-order valence-electron chi connectivity index (χ3n) is 1.97. The van der Waals surface area contributed by atoms with E-state index in [0.717, 1.165) is 0 Å². The van der Waals surface area contributed by atoms with Crippen LogP contribution >= 0.6 is 0 Å². The largest absolute Gasteiger partial charge is 0.460 e. The highest BCUT2D eigenvalue weighted by molar-refractivity contribution is 5.87. The number of aryl methyl sites for hydroxylation is 1. The van der Waals surface area contributed by atoms with Crippen molar-refractivity contribution in [3.05, 3.63) is 22.4 Å². The van der Waals surface area contributed by atoms with Crippen LogP contribution in [-0.4, -0.2) is 32.3 Å². The molecule has 0 amide bonds. The van der Waals surface area contributed by atoms with Crippen LogP contribution in [0.3, 0.4) is 0 Å². The van der Waals surface area contributed by atoms with Gasteiger partial charge in [-0.15, -0.1) is 0 Å². The molecule has 0 bridgehead atoms. The third kappa shape index (κ3) is 1.67. The van der Waals surface area contributed by atoms with E-state index in [1.54, 1.807) is 14.0 Å². The minimum Gasteiger partial charge on any atom is -0.460 e. The fraction of sp³-hybridized carbons (Fsp3) is 0.333. The van der Waals surface area contributed by atoms with Crippen molar-refractivity contribution in [2.24, 2.45) is 7.05 Å². The fourth-order valence-electron chi connectivity index (χ4n) is 1.32. The summed E-state index contributed by atoms with van der Waals surface area (Å²) in [6.07, 6.45) is 1.54. The minimum atomic E-state index is -0.660. The molecule has 1 N–H and O–H groups in total. The topological polar surface area (TPSA) is 89.9 Å². The molecule has 7 nitrogen and oxygen atoms in total. The van der Waals surface area contributed by atoms with E-state index in [1.165, 1.54) is 10.9 Å². The van der Waals surface area contributed by atoms with Crippen LogP contribution in [-0.2, 0) is 11.8 Å². The Hall–Kier alpha value is -2.18. The highest BCUT2D eigenvalue weighted by atomic mass is 16.5. The lowest BCUT2D eigenvalue weighted by atomic mass is 10.4. The van der Waals surface area contributed by atoms with E-state index in [-0.39, 0.29) is 18.1 Å². The molecule has 0 aliphatic carbocycles. The van der Waals surface area contributed by atoms with Crippen molar-refractivity contribution in [3.8, 4) is 0 Å². The van der Waals surface area contributed by atoms with Gasteiger partial charge >= 0.3 is 5.97 Å². The van der Waals surface area contributed by atoms with E-state index in [2.05, 4.69) is 15.1 Å². The van der Waals surface area contributed by atoms with Crippen LogP contribution in [0.15, 0.2) is 11.0 Å². The van der Waals surface area contributed by atoms with E-state index in [1.807, 2.05) is 0 Å². The molecule has 2 heterocycles. The lowest BCUT2D eigenvalue weighted by molar-refractivity contribution is 0.0512. The molecule has 2 aromatic heterocycles. The number of fused-ring (bicyclic) bond motifs is 1. The number of hydrogen-bond acceptors (Lipinski definition) is 5. The zero-order valence-electron chi connectivity index (χ0n) is 8.85. The van der Waals surface area contributed by atoms with E-state index in [4.69, 9.17) is 4.74 Å². The van der Waals surface area contributed by atoms with Gasteiger partial charge in [0.05, 0.1) is 6.61 Å². The molecular formula is C9H10N4O3. The van der Waals surface area contributed by atoms with E-state index < -0.39 is 11.5 Å². The zero-order valence-corrected chi connectivity index (χ0v) is 8.85. The van der Waals surface area contributed by atoms with Crippen LogP contribution in [0.1, 0.15) is 17.5 Å². The molecule has 0 unspecified atom stereocenters. The molecule has 84 valence electrons. The molecule has 0 aliphatic heterocycles. The SMILES string of the molecule is CCOC(=O)c1nc2nn(C)cc2c(=O)[nH]1. The maximum Gasteiger partial charge on any atom is 0.374 e. The summed E-state index contributed by atoms with van der Waals surface area (Å²) in [4.78, 5) is 29.2. The molecule has 7 heteroatoms. The number of rotatable bonds is 2. The lowest BCUT2D eigenvalue weighted by Crippen LogP contribution is -2.17. The number of carbonyl (C=O) groups excluding carboxylic acids is 1. The number of nitrogens with one attached hydrogen (secondary N) is 1. The van der Waals surface area contributed by atoms with Crippen LogP contribution < -0.4 is 5.56 Å². The second kappa shape index (κ2) is 3.76. The summed E-state index contributed by atoms with van der Waals surface area (Å²) in [5, 5.41) is 4.30. The average Bonchev–Trinajstić information content (AvgIpc) is 2.59. The van der Waals surface area contributed by atoms with E-state index in [0.29, 0.717) is 5.39 Å². The normalized spacial score (nSPS) is 10.6. The Labute approximate surface area is 90.1 Å². The van der Waals surface area contributed by atoms with Crippen LogP contribution in [0.25, 0.3) is 11.0 Å². The fourth-order valence-corrected chi connectivity index (χ4v) is 1.32. The van der Waals surface area contributed by atoms with Crippen molar-refractivity contribution >= 4 is 17.0 Å². The van der Waals surface area contributed by atoms with Gasteiger partial charge in [-0.1, -0.05) is 0 Å². The maximum atomic E-state index is 11.6. The summed E-state index contributed by atoms with van der Waals surface area (Å²) in [7, 11) is 1.67. The number of esters is 1. The summed E-state index contributed by atoms with van der Waals surface area (Å²) >= 11 is 0. The van der Waals surface area contributed by atoms with Crippen molar-refractivity contribution in [1.82, 2.24) is 19.7 Å². The van der Waals surface area contributed by atoms with Crippen molar-refractivity contribution in [3.63, 3.8) is 0 Å². The Kier molecular flexibility index (Phi) is 2.43. The third-order valence-corrected chi connectivity index (χ3v) is 1.97. The number of hydrogen-bond donors (Lipinski definition) is 1. The lowest BCUT2D eigenvalue weighted by Gasteiger charge is -1.99. The van der Waals surface area contributed by atoms with Gasteiger partial charge in [0, 0.05) is 13.2 Å². The molecule has 2 aromatic rings. The van der Waals surface area contributed by atoms with Crippen molar-refractivity contribution in [1.29, 1.82) is 0 Å². The molecule has 16 heavy (non-hydrogen) atoms. The summed E-state index contributed by atoms with van der Waals surface area (Å²) in [5.41, 5.74) is -0.171. The van der Waals surface area contributed by atoms with Gasteiger partial charge in [0.1, 0.15) is 5.39 Å². The highest BCUT2D eigenvalue weighted by Gasteiger charge is 2.13. The Morgan fingerprint density at radius 3 is 3.06 bits per heavy atom. The maximum absolute atomic E-state index is 11.6. The average molecular weight is 222 g/mol. The molecule has 0 atom stereocenters. The molecule has 0 fully saturated rings. The number of nitrogens with zero attached hydrogens (tertiary/aromatic N) is 3. The Balaban J connectivity index is 2.57. The van der Waals surface area contributed by atoms with Gasteiger partial charge in [0.2, 0.25) is 5.82 Å². The second-order valence-electron chi connectivity index (χ2n) is 3.18. The zero-order chi connectivity index (χ0) is 11.7. The first kappa shape index (κ1) is 10.3. The van der Waals surface area contributed by atoms with Crippen molar-refractivity contribution in [2.45, 2.75) is 6.92 Å². The molecule has 0 aliphatic rings. The van der Waals surface area contributed by atoms with Crippen molar-refractivity contribution < 1.29 is 9.53 Å². The minimum absolute atomic E-state index is 0.127. The van der Waals surface area contributed by atoms with E-state index >= 15 is 0 Å². The smallest absolute Gasteiger partial charge is 0.374 e. The molecule has 0 spiro atoms. The van der Waals surface area contributed by atoms with Gasteiger partial charge in [0.15, 0.2) is 5.65 Å². The van der Waals surface area contributed by atoms with Crippen molar-refractivity contribution in [2.75, 3.05) is 6.61 Å². The predicted molar refractivity (Wildman–Crippen MR) is 55.1 cm³/mol. The van der Waals surface area contributed by atoms with Gasteiger partial charge in [-0.2, -0.15) is 5.10 Å². The van der Waals surface area contributed by atoms with Gasteiger partial charge in [-0.05, 0) is 6.92 Å². The first-order valence-electron chi connectivity index (χ1n) is 4.72. The summed E-state index contributed by atoms with van der Waals surface area (Å²) in [6.45, 7) is 1.90. The van der Waals surface area contributed by atoms with E-state index in [9.17, 15) is 9.59 Å². The predicted octanol–water partition coefficient (Wildman–Crippen LogP) is -0.167. The Morgan fingerprint density at radius 1 is 1.62 bits per heavy atom. The van der Waals surface area contributed by atoms with Crippen LogP contribution in [0.5, 0.6) is 0 Å². The molecule has 0 saturated heterocycles. The van der Waals surface area contributed by atoms with Gasteiger partial charge < -0.3 is 9.72 Å². The van der Waals surface area contributed by atoms with Crippen LogP contribution in [0, 0.1) is 0 Å². The first-order valence-corrected chi connectivity index (χ1v) is 4.72. The standard InChI is InChI=1S/C9H10N4O3/c1-3-16-9(15)7-10-6-5(8(14)11-7)4-13(2)12-6/h4H,3H2,1-2H3,(H,10,11,12,14). The number of aromatic nitrogens is 4. The van der Waals surface area contributed by atoms with Gasteiger partial charge in [-0.25, -0.2) is 9.78 Å². The first-order chi connectivity index (χ1) is 7.61. The summed E-state index contributed by atoms with van der Waals surface area (Å²) < 4.78 is 6.19. The molecule has 0 radical (unpaired) electrons. The quantitative estimate of drug-likeness (QED) is 0.712. The molecular weight excluding hydrogens is 212 g/mol. The molecule has 2 rings (SSSR count).